The number of ether oxygens (including phenoxy) is 1. The van der Waals surface area contributed by atoms with Gasteiger partial charge in [-0.2, -0.15) is 0 Å². The van der Waals surface area contributed by atoms with E-state index >= 15 is 0 Å². The lowest BCUT2D eigenvalue weighted by Gasteiger charge is -2.17. The average Bonchev–Trinajstić information content (AvgIpc) is 2.38. The standard InChI is InChI=1S/C16H24N2O3S/c1-11-6-12(2)8-13(7-11)21-9-14(19)17-18-15(20)10-22-16(3,4)5/h6-8H,9-10H2,1-5H3,(H,17,19)(H,18,20). The van der Waals surface area contributed by atoms with Crippen LogP contribution < -0.4 is 15.6 Å². The molecule has 0 spiro atoms. The van der Waals surface area contributed by atoms with Gasteiger partial charge in [0.15, 0.2) is 6.61 Å². The van der Waals surface area contributed by atoms with Crippen LogP contribution in [0.3, 0.4) is 0 Å². The summed E-state index contributed by atoms with van der Waals surface area (Å²) in [6.45, 7) is 9.87. The molecule has 1 rings (SSSR count). The zero-order valence-electron chi connectivity index (χ0n) is 13.8. The molecule has 0 saturated carbocycles. The number of aryl methyl sites for hydroxylation is 2. The Hall–Kier alpha value is -1.69. The molecule has 0 aliphatic rings. The molecular formula is C16H24N2O3S. The summed E-state index contributed by atoms with van der Waals surface area (Å²) >= 11 is 1.51. The molecule has 0 fully saturated rings. The van der Waals surface area contributed by atoms with Gasteiger partial charge in [0, 0.05) is 4.75 Å². The van der Waals surface area contributed by atoms with Crippen molar-refractivity contribution in [3.05, 3.63) is 29.3 Å². The van der Waals surface area contributed by atoms with Crippen LogP contribution in [0.15, 0.2) is 18.2 Å². The molecule has 0 heterocycles. The van der Waals surface area contributed by atoms with Gasteiger partial charge in [0.25, 0.3) is 5.91 Å². The third kappa shape index (κ3) is 7.93. The van der Waals surface area contributed by atoms with Gasteiger partial charge in [0.1, 0.15) is 5.75 Å². The maximum absolute atomic E-state index is 11.6. The Labute approximate surface area is 136 Å². The Balaban J connectivity index is 2.30. The SMILES string of the molecule is Cc1cc(C)cc(OCC(=O)NNC(=O)CSC(C)(C)C)c1. The van der Waals surface area contributed by atoms with Crippen molar-refractivity contribution < 1.29 is 14.3 Å². The van der Waals surface area contributed by atoms with Gasteiger partial charge in [-0.05, 0) is 37.1 Å². The minimum absolute atomic E-state index is 0.00743. The van der Waals surface area contributed by atoms with E-state index in [1.807, 2.05) is 52.8 Å². The van der Waals surface area contributed by atoms with Crippen LogP contribution in [0.1, 0.15) is 31.9 Å². The number of thioether (sulfide) groups is 1. The Kier molecular flexibility index (Phi) is 6.74. The van der Waals surface area contributed by atoms with Crippen LogP contribution in [0.25, 0.3) is 0 Å². The molecular weight excluding hydrogens is 300 g/mol. The smallest absolute Gasteiger partial charge is 0.276 e. The molecule has 6 heteroatoms. The quantitative estimate of drug-likeness (QED) is 0.816. The molecule has 5 nitrogen and oxygen atoms in total. The van der Waals surface area contributed by atoms with E-state index in [1.165, 1.54) is 11.8 Å². The fourth-order valence-electron chi connectivity index (χ4n) is 1.66. The van der Waals surface area contributed by atoms with Gasteiger partial charge < -0.3 is 4.74 Å². The van der Waals surface area contributed by atoms with Gasteiger partial charge in [0.05, 0.1) is 5.75 Å². The van der Waals surface area contributed by atoms with Crippen molar-refractivity contribution in [2.24, 2.45) is 0 Å². The molecule has 0 aromatic heterocycles. The van der Waals surface area contributed by atoms with E-state index in [9.17, 15) is 9.59 Å². The maximum Gasteiger partial charge on any atom is 0.276 e. The molecule has 2 amide bonds. The van der Waals surface area contributed by atoms with Crippen molar-refractivity contribution in [2.75, 3.05) is 12.4 Å². The van der Waals surface area contributed by atoms with Gasteiger partial charge >= 0.3 is 0 Å². The normalized spacial score (nSPS) is 11.0. The minimum atomic E-state index is -0.395. The first-order chi connectivity index (χ1) is 10.2. The second-order valence-electron chi connectivity index (χ2n) is 6.11. The molecule has 0 radical (unpaired) electrons. The fourth-order valence-corrected chi connectivity index (χ4v) is 2.30. The van der Waals surface area contributed by atoms with Crippen molar-refractivity contribution in [1.29, 1.82) is 0 Å². The number of carbonyl (C=O) groups is 2. The summed E-state index contributed by atoms with van der Waals surface area (Å²) in [5.74, 6) is 0.303. The molecule has 0 aliphatic heterocycles. The first-order valence-corrected chi connectivity index (χ1v) is 8.07. The molecule has 0 saturated heterocycles. The summed E-state index contributed by atoms with van der Waals surface area (Å²) in [5.41, 5.74) is 6.86. The van der Waals surface area contributed by atoms with Gasteiger partial charge in [-0.3, -0.25) is 20.4 Å². The molecule has 122 valence electrons. The van der Waals surface area contributed by atoms with E-state index in [0.29, 0.717) is 11.5 Å². The number of nitrogens with one attached hydrogen (secondary N) is 2. The number of hydrogen-bond donors (Lipinski definition) is 2. The van der Waals surface area contributed by atoms with Gasteiger partial charge in [-0.1, -0.05) is 26.8 Å². The Bertz CT molecular complexity index is 518. The van der Waals surface area contributed by atoms with Crippen LogP contribution in [0, 0.1) is 13.8 Å². The molecule has 22 heavy (non-hydrogen) atoms. The zero-order chi connectivity index (χ0) is 16.8. The largest absolute Gasteiger partial charge is 0.484 e. The predicted molar refractivity (Wildman–Crippen MR) is 89.9 cm³/mol. The lowest BCUT2D eigenvalue weighted by atomic mass is 10.1. The Morgan fingerprint density at radius 2 is 1.59 bits per heavy atom. The molecule has 2 N–H and O–H groups in total. The van der Waals surface area contributed by atoms with E-state index in [1.54, 1.807) is 0 Å². The first-order valence-electron chi connectivity index (χ1n) is 7.08. The van der Waals surface area contributed by atoms with E-state index in [2.05, 4.69) is 10.9 Å². The third-order valence-electron chi connectivity index (χ3n) is 2.54. The van der Waals surface area contributed by atoms with Crippen molar-refractivity contribution >= 4 is 23.6 Å². The third-order valence-corrected chi connectivity index (χ3v) is 3.82. The van der Waals surface area contributed by atoms with Crippen LogP contribution in [-0.4, -0.2) is 28.9 Å². The molecule has 0 aliphatic carbocycles. The fraction of sp³-hybridized carbons (Fsp3) is 0.500. The summed E-state index contributed by atoms with van der Waals surface area (Å²) in [7, 11) is 0. The zero-order valence-corrected chi connectivity index (χ0v) is 14.6. The highest BCUT2D eigenvalue weighted by Gasteiger charge is 2.13. The van der Waals surface area contributed by atoms with Crippen molar-refractivity contribution in [3.8, 4) is 5.75 Å². The number of amides is 2. The van der Waals surface area contributed by atoms with E-state index in [4.69, 9.17) is 4.74 Å². The number of rotatable bonds is 5. The molecule has 0 atom stereocenters. The average molecular weight is 324 g/mol. The number of hydrazine groups is 1. The highest BCUT2D eigenvalue weighted by atomic mass is 32.2. The molecule has 0 bridgehead atoms. The summed E-state index contributed by atoms with van der Waals surface area (Å²) in [4.78, 5) is 23.2. The number of benzene rings is 1. The highest BCUT2D eigenvalue weighted by Crippen LogP contribution is 2.22. The van der Waals surface area contributed by atoms with Crippen LogP contribution in [0.4, 0.5) is 0 Å². The minimum Gasteiger partial charge on any atom is -0.484 e. The van der Waals surface area contributed by atoms with Crippen LogP contribution in [-0.2, 0) is 9.59 Å². The topological polar surface area (TPSA) is 67.4 Å². The summed E-state index contributed by atoms with van der Waals surface area (Å²) in [6.07, 6.45) is 0. The summed E-state index contributed by atoms with van der Waals surface area (Å²) in [6, 6.07) is 5.75. The van der Waals surface area contributed by atoms with Crippen LogP contribution >= 0.6 is 11.8 Å². The van der Waals surface area contributed by atoms with Gasteiger partial charge in [-0.25, -0.2) is 0 Å². The van der Waals surface area contributed by atoms with E-state index in [0.717, 1.165) is 11.1 Å². The second kappa shape index (κ2) is 8.08. The maximum atomic E-state index is 11.6. The van der Waals surface area contributed by atoms with Gasteiger partial charge in [0.2, 0.25) is 5.91 Å². The Morgan fingerprint density at radius 3 is 2.14 bits per heavy atom. The first kappa shape index (κ1) is 18.4. The van der Waals surface area contributed by atoms with Crippen molar-refractivity contribution in [2.45, 2.75) is 39.4 Å². The molecule has 0 unspecified atom stereocenters. The van der Waals surface area contributed by atoms with Gasteiger partial charge in [-0.15, -0.1) is 11.8 Å². The van der Waals surface area contributed by atoms with Crippen molar-refractivity contribution in [3.63, 3.8) is 0 Å². The number of hydrogen-bond acceptors (Lipinski definition) is 4. The van der Waals surface area contributed by atoms with E-state index < -0.39 is 5.91 Å². The molecule has 1 aromatic carbocycles. The lowest BCUT2D eigenvalue weighted by molar-refractivity contribution is -0.128. The Morgan fingerprint density at radius 1 is 1.05 bits per heavy atom. The predicted octanol–water partition coefficient (Wildman–Crippen LogP) is 2.36. The van der Waals surface area contributed by atoms with Crippen molar-refractivity contribution in [1.82, 2.24) is 10.9 Å². The summed E-state index contributed by atoms with van der Waals surface area (Å²) in [5, 5.41) is 0. The van der Waals surface area contributed by atoms with Crippen LogP contribution in [0.2, 0.25) is 0 Å². The highest BCUT2D eigenvalue weighted by molar-refractivity contribution is 8.01. The second-order valence-corrected chi connectivity index (χ2v) is 7.91. The number of carbonyl (C=O) groups excluding carboxylic acids is 2. The lowest BCUT2D eigenvalue weighted by Crippen LogP contribution is -2.44. The van der Waals surface area contributed by atoms with E-state index in [-0.39, 0.29) is 17.3 Å². The van der Waals surface area contributed by atoms with Crippen LogP contribution in [0.5, 0.6) is 5.75 Å². The summed E-state index contributed by atoms with van der Waals surface area (Å²) < 4.78 is 5.41. The molecule has 1 aromatic rings. The monoisotopic (exact) mass is 324 g/mol.